The van der Waals surface area contributed by atoms with Gasteiger partial charge < -0.3 is 0 Å². The number of rotatable bonds is 1. The maximum absolute atomic E-state index is 3.64. The molecule has 2 atom stereocenters. The normalized spacial score (nSPS) is 26.3. The molecule has 1 aromatic rings. The first-order valence-electron chi connectivity index (χ1n) is 5.23. The van der Waals surface area contributed by atoms with Crippen LogP contribution in [0.25, 0.3) is 0 Å². The Labute approximate surface area is 94.8 Å². The second-order valence-electron chi connectivity index (χ2n) is 5.23. The molecule has 2 rings (SSSR count). The van der Waals surface area contributed by atoms with Gasteiger partial charge in [-0.1, -0.05) is 61.0 Å². The molecule has 0 heterocycles. The molecule has 0 nitrogen and oxygen atoms in total. The molecule has 1 fully saturated rings. The first-order chi connectivity index (χ1) is 6.48. The number of hydrogen-bond donors (Lipinski definition) is 0. The van der Waals surface area contributed by atoms with E-state index in [1.165, 1.54) is 17.5 Å². The van der Waals surface area contributed by atoms with Crippen molar-refractivity contribution in [2.24, 2.45) is 0 Å². The summed E-state index contributed by atoms with van der Waals surface area (Å²) in [4.78, 5) is 0.725. The summed E-state index contributed by atoms with van der Waals surface area (Å²) in [6.45, 7) is 6.77. The van der Waals surface area contributed by atoms with Gasteiger partial charge in [-0.15, -0.1) is 0 Å². The van der Waals surface area contributed by atoms with Crippen molar-refractivity contribution < 1.29 is 0 Å². The van der Waals surface area contributed by atoms with Crippen molar-refractivity contribution in [1.29, 1.82) is 0 Å². The van der Waals surface area contributed by atoms with Gasteiger partial charge in [-0.2, -0.15) is 0 Å². The zero-order chi connectivity index (χ0) is 10.3. The molecule has 1 aliphatic carbocycles. The number of alkyl halides is 1. The van der Waals surface area contributed by atoms with E-state index in [9.17, 15) is 0 Å². The topological polar surface area (TPSA) is 0 Å². The summed E-state index contributed by atoms with van der Waals surface area (Å²) in [5.41, 5.74) is 3.18. The lowest BCUT2D eigenvalue weighted by molar-refractivity contribution is 0.590. The van der Waals surface area contributed by atoms with Crippen molar-refractivity contribution in [1.82, 2.24) is 0 Å². The minimum atomic E-state index is 0.274. The van der Waals surface area contributed by atoms with Gasteiger partial charge in [-0.05, 0) is 28.9 Å². The summed E-state index contributed by atoms with van der Waals surface area (Å²) < 4.78 is 0. The van der Waals surface area contributed by atoms with Gasteiger partial charge in [-0.3, -0.25) is 0 Å². The van der Waals surface area contributed by atoms with E-state index in [0.717, 1.165) is 10.7 Å². The van der Waals surface area contributed by atoms with E-state index in [4.69, 9.17) is 0 Å². The summed E-state index contributed by atoms with van der Waals surface area (Å²) >= 11 is 3.64. The predicted octanol–water partition coefficient (Wildman–Crippen LogP) is 4.23. The van der Waals surface area contributed by atoms with Crippen LogP contribution in [-0.2, 0) is 5.41 Å². The third kappa shape index (κ3) is 2.03. The lowest BCUT2D eigenvalue weighted by Crippen LogP contribution is -2.10. The average Bonchev–Trinajstić information content (AvgIpc) is 2.81. The average molecular weight is 253 g/mol. The Morgan fingerprint density at radius 1 is 1.14 bits per heavy atom. The maximum Gasteiger partial charge on any atom is 0.0221 e. The molecule has 1 saturated carbocycles. The van der Waals surface area contributed by atoms with Crippen molar-refractivity contribution in [3.63, 3.8) is 0 Å². The highest BCUT2D eigenvalue weighted by Crippen LogP contribution is 2.46. The summed E-state index contributed by atoms with van der Waals surface area (Å²) in [5.74, 6) is 0.768. The standard InChI is InChI=1S/C13H17Br/c1-13(2,3)10-6-4-9(5-7-10)11-8-12(11)14/h4-7,11-12H,8H2,1-3H3. The van der Waals surface area contributed by atoms with Gasteiger partial charge in [-0.25, -0.2) is 0 Å². The van der Waals surface area contributed by atoms with Crippen molar-refractivity contribution in [3.8, 4) is 0 Å². The van der Waals surface area contributed by atoms with E-state index in [-0.39, 0.29) is 5.41 Å². The van der Waals surface area contributed by atoms with E-state index >= 15 is 0 Å². The molecule has 2 unspecified atom stereocenters. The van der Waals surface area contributed by atoms with Crippen LogP contribution in [0.1, 0.15) is 44.2 Å². The Morgan fingerprint density at radius 3 is 2.00 bits per heavy atom. The fraction of sp³-hybridized carbons (Fsp3) is 0.538. The molecule has 14 heavy (non-hydrogen) atoms. The molecule has 1 aliphatic rings. The largest absolute Gasteiger partial charge is 0.0884 e. The third-order valence-electron chi connectivity index (χ3n) is 2.92. The van der Waals surface area contributed by atoms with Crippen LogP contribution in [0, 0.1) is 0 Å². The summed E-state index contributed by atoms with van der Waals surface area (Å²) in [7, 11) is 0. The first kappa shape index (κ1) is 10.2. The molecular weight excluding hydrogens is 236 g/mol. The molecule has 0 spiro atoms. The van der Waals surface area contributed by atoms with Gasteiger partial charge in [0.15, 0.2) is 0 Å². The van der Waals surface area contributed by atoms with Crippen molar-refractivity contribution in [2.45, 2.75) is 43.4 Å². The van der Waals surface area contributed by atoms with Crippen molar-refractivity contribution >= 4 is 15.9 Å². The zero-order valence-electron chi connectivity index (χ0n) is 9.05. The van der Waals surface area contributed by atoms with Crippen LogP contribution in [0.3, 0.4) is 0 Å². The second-order valence-corrected chi connectivity index (χ2v) is 6.41. The minimum Gasteiger partial charge on any atom is -0.0884 e. The number of benzene rings is 1. The van der Waals surface area contributed by atoms with Crippen LogP contribution in [0.4, 0.5) is 0 Å². The quantitative estimate of drug-likeness (QED) is 0.657. The Kier molecular flexibility index (Phi) is 2.46. The molecule has 0 N–H and O–H groups in total. The molecule has 1 aromatic carbocycles. The summed E-state index contributed by atoms with van der Waals surface area (Å²) in [6, 6.07) is 9.11. The van der Waals surface area contributed by atoms with E-state index in [0.29, 0.717) is 0 Å². The molecule has 76 valence electrons. The van der Waals surface area contributed by atoms with Crippen LogP contribution < -0.4 is 0 Å². The van der Waals surface area contributed by atoms with Gasteiger partial charge in [0.25, 0.3) is 0 Å². The number of halogens is 1. The first-order valence-corrected chi connectivity index (χ1v) is 6.14. The Balaban J connectivity index is 2.18. The van der Waals surface area contributed by atoms with E-state index < -0.39 is 0 Å². The van der Waals surface area contributed by atoms with Gasteiger partial charge in [0, 0.05) is 4.83 Å². The Hall–Kier alpha value is -0.300. The minimum absolute atomic E-state index is 0.274. The summed E-state index contributed by atoms with van der Waals surface area (Å²) in [5, 5.41) is 0. The molecular formula is C13H17Br. The van der Waals surface area contributed by atoms with Crippen LogP contribution in [0.2, 0.25) is 0 Å². The fourth-order valence-corrected chi connectivity index (χ4v) is 2.45. The van der Waals surface area contributed by atoms with E-state index in [1.54, 1.807) is 0 Å². The van der Waals surface area contributed by atoms with Gasteiger partial charge >= 0.3 is 0 Å². The van der Waals surface area contributed by atoms with Crippen LogP contribution in [0.15, 0.2) is 24.3 Å². The van der Waals surface area contributed by atoms with Crippen molar-refractivity contribution in [2.75, 3.05) is 0 Å². The second kappa shape index (κ2) is 3.37. The molecule has 0 bridgehead atoms. The maximum atomic E-state index is 3.64. The van der Waals surface area contributed by atoms with Crippen molar-refractivity contribution in [3.05, 3.63) is 35.4 Å². The smallest absolute Gasteiger partial charge is 0.0221 e. The SMILES string of the molecule is CC(C)(C)c1ccc(C2CC2Br)cc1. The van der Waals surface area contributed by atoms with Gasteiger partial charge in [0.1, 0.15) is 0 Å². The highest BCUT2D eigenvalue weighted by Gasteiger charge is 2.35. The summed E-state index contributed by atoms with van der Waals surface area (Å²) in [6.07, 6.45) is 1.30. The highest BCUT2D eigenvalue weighted by molar-refractivity contribution is 9.09. The molecule has 0 aromatic heterocycles. The Morgan fingerprint density at radius 2 is 1.64 bits per heavy atom. The molecule has 1 heteroatoms. The third-order valence-corrected chi connectivity index (χ3v) is 3.93. The van der Waals surface area contributed by atoms with Gasteiger partial charge in [0.2, 0.25) is 0 Å². The molecule has 0 aliphatic heterocycles. The monoisotopic (exact) mass is 252 g/mol. The number of hydrogen-bond acceptors (Lipinski definition) is 0. The Bertz CT molecular complexity index is 318. The lowest BCUT2D eigenvalue weighted by Gasteiger charge is -2.19. The van der Waals surface area contributed by atoms with E-state index in [1.807, 2.05) is 0 Å². The fourth-order valence-electron chi connectivity index (χ4n) is 1.74. The van der Waals surface area contributed by atoms with E-state index in [2.05, 4.69) is 61.0 Å². The molecule has 0 radical (unpaired) electrons. The predicted molar refractivity (Wildman–Crippen MR) is 65.2 cm³/mol. The van der Waals surface area contributed by atoms with Crippen LogP contribution >= 0.6 is 15.9 Å². The molecule has 0 amide bonds. The highest BCUT2D eigenvalue weighted by atomic mass is 79.9. The molecule has 0 saturated heterocycles. The van der Waals surface area contributed by atoms with Gasteiger partial charge in [0.05, 0.1) is 0 Å². The van der Waals surface area contributed by atoms with Crippen LogP contribution in [0.5, 0.6) is 0 Å². The zero-order valence-corrected chi connectivity index (χ0v) is 10.6. The van der Waals surface area contributed by atoms with Crippen LogP contribution in [-0.4, -0.2) is 4.83 Å². The lowest BCUT2D eigenvalue weighted by atomic mass is 9.86.